The van der Waals surface area contributed by atoms with E-state index in [1.807, 2.05) is 79.7 Å². The summed E-state index contributed by atoms with van der Waals surface area (Å²) in [5, 5.41) is 19.3. The molecule has 1 N–H and O–H groups in total. The van der Waals surface area contributed by atoms with Crippen molar-refractivity contribution in [1.29, 1.82) is 0 Å². The molecule has 5 heterocycles. The predicted octanol–water partition coefficient (Wildman–Crippen LogP) is 5.25. The van der Waals surface area contributed by atoms with Gasteiger partial charge in [-0.05, 0) is 61.0 Å². The van der Waals surface area contributed by atoms with Gasteiger partial charge in [0, 0.05) is 60.9 Å². The maximum atomic E-state index is 16.5. The molecule has 1 spiro atoms. The molecule has 0 aliphatic carbocycles. The van der Waals surface area contributed by atoms with E-state index in [1.54, 1.807) is 38.7 Å². The van der Waals surface area contributed by atoms with Crippen LogP contribution in [0.5, 0.6) is 0 Å². The van der Waals surface area contributed by atoms with Crippen LogP contribution < -0.4 is 14.7 Å². The van der Waals surface area contributed by atoms with E-state index in [4.69, 9.17) is 4.74 Å². The van der Waals surface area contributed by atoms with Crippen LogP contribution in [0, 0.1) is 5.92 Å². The first-order chi connectivity index (χ1) is 24.5. The fraction of sp³-hybridized carbons (Fsp3) is 0.395. The fourth-order valence-corrected chi connectivity index (χ4v) is 10.9. The molecule has 8 rings (SSSR count). The van der Waals surface area contributed by atoms with Crippen LogP contribution >= 0.6 is 0 Å². The number of carbonyl (C=O) groups is 3. The summed E-state index contributed by atoms with van der Waals surface area (Å²) in [6.45, 7) is 7.17. The van der Waals surface area contributed by atoms with Crippen LogP contribution in [0.2, 0.25) is 18.6 Å². The molecule has 0 radical (unpaired) electrons. The summed E-state index contributed by atoms with van der Waals surface area (Å²) in [7, 11) is -3.43. The second kappa shape index (κ2) is 12.5. The van der Waals surface area contributed by atoms with E-state index in [9.17, 15) is 19.5 Å². The van der Waals surface area contributed by atoms with Gasteiger partial charge in [0.15, 0.2) is 5.60 Å². The number of halogens is 1. The molecule has 0 bridgehead atoms. The molecule has 0 saturated carbocycles. The topological polar surface area (TPSA) is 121 Å². The van der Waals surface area contributed by atoms with E-state index in [2.05, 4.69) is 10.3 Å². The van der Waals surface area contributed by atoms with Crippen molar-refractivity contribution in [3.05, 3.63) is 101 Å². The number of hydrogen-bond donors (Lipinski definition) is 1. The lowest BCUT2D eigenvalue weighted by atomic mass is 9.82. The number of fused-ring (bicyclic) bond motifs is 2. The minimum absolute atomic E-state index is 0.0176. The first-order valence-electron chi connectivity index (χ1n) is 17.6. The summed E-state index contributed by atoms with van der Waals surface area (Å²) in [6, 6.07) is 22.5. The van der Waals surface area contributed by atoms with Crippen molar-refractivity contribution in [1.82, 2.24) is 15.0 Å². The number of nitrogens with zero attached hydrogens (tertiary/aromatic N) is 6. The molecule has 3 fully saturated rings. The van der Waals surface area contributed by atoms with Crippen molar-refractivity contribution in [2.45, 2.75) is 75.7 Å². The van der Waals surface area contributed by atoms with Gasteiger partial charge < -0.3 is 28.7 Å². The van der Waals surface area contributed by atoms with Crippen molar-refractivity contribution in [2.24, 2.45) is 5.92 Å². The van der Waals surface area contributed by atoms with Crippen molar-refractivity contribution in [3.8, 4) is 0 Å². The predicted molar refractivity (Wildman–Crippen MR) is 191 cm³/mol. The third kappa shape index (κ3) is 5.58. The van der Waals surface area contributed by atoms with Crippen LogP contribution in [0.15, 0.2) is 79.0 Å². The lowest BCUT2D eigenvalue weighted by molar-refractivity contribution is -0.146. The number of hydrogen-bond acceptors (Lipinski definition) is 7. The third-order valence-corrected chi connectivity index (χ3v) is 13.6. The number of aliphatic hydroxyl groups excluding tert-OH is 1. The molecule has 5 atom stereocenters. The molecule has 3 aromatic carbocycles. The summed E-state index contributed by atoms with van der Waals surface area (Å²) in [4.78, 5) is 44.6. The SMILES string of the molecule is C[C@H]1[C@H]([Si](C)(C)F)[C@@H](CCn2cc([C@H](O)c3ccccc3)nn2)O[C@]12C(=O)N(Cc1ccc(N3CCC3=O)cc1)c1ccc(N3CCC3=O)cc12. The van der Waals surface area contributed by atoms with Gasteiger partial charge in [-0.2, -0.15) is 0 Å². The summed E-state index contributed by atoms with van der Waals surface area (Å²) < 4.78 is 25.1. The lowest BCUT2D eigenvalue weighted by Crippen LogP contribution is -2.45. The number of benzene rings is 3. The molecule has 3 saturated heterocycles. The summed E-state index contributed by atoms with van der Waals surface area (Å²) >= 11 is 0. The Morgan fingerprint density at radius 2 is 1.63 bits per heavy atom. The highest BCUT2D eigenvalue weighted by molar-refractivity contribution is 6.72. The number of carbonyl (C=O) groups excluding carboxylic acids is 3. The van der Waals surface area contributed by atoms with Crippen molar-refractivity contribution in [3.63, 3.8) is 0 Å². The summed E-state index contributed by atoms with van der Waals surface area (Å²) in [6.07, 6.45) is 1.55. The van der Waals surface area contributed by atoms with E-state index < -0.39 is 37.7 Å². The Hall–Kier alpha value is -4.72. The van der Waals surface area contributed by atoms with E-state index in [-0.39, 0.29) is 24.3 Å². The number of rotatable bonds is 10. The Kier molecular flexibility index (Phi) is 8.19. The maximum Gasteiger partial charge on any atom is 0.264 e. The zero-order chi connectivity index (χ0) is 35.7. The Bertz CT molecular complexity index is 2000. The van der Waals surface area contributed by atoms with Gasteiger partial charge in [-0.15, -0.1) is 5.10 Å². The van der Waals surface area contributed by atoms with Crippen molar-refractivity contribution >= 4 is 43.2 Å². The third-order valence-electron chi connectivity index (χ3n) is 11.1. The molecule has 4 aromatic rings. The summed E-state index contributed by atoms with van der Waals surface area (Å²) in [5.74, 6) is -0.642. The highest BCUT2D eigenvalue weighted by atomic mass is 28.4. The van der Waals surface area contributed by atoms with Gasteiger partial charge in [0.25, 0.3) is 5.91 Å². The summed E-state index contributed by atoms with van der Waals surface area (Å²) in [5.41, 5.74) is 2.87. The number of aliphatic hydroxyl groups is 1. The Morgan fingerprint density at radius 3 is 2.25 bits per heavy atom. The largest absolute Gasteiger partial charge is 0.382 e. The highest BCUT2D eigenvalue weighted by Gasteiger charge is 2.66. The number of amides is 3. The zero-order valence-corrected chi connectivity index (χ0v) is 29.9. The molecule has 4 aliphatic rings. The number of aromatic nitrogens is 3. The van der Waals surface area contributed by atoms with Gasteiger partial charge in [0.2, 0.25) is 20.2 Å². The molecule has 1 aromatic heterocycles. The van der Waals surface area contributed by atoms with Gasteiger partial charge in [-0.25, -0.2) is 0 Å². The minimum atomic E-state index is -3.43. The van der Waals surface area contributed by atoms with Crippen LogP contribution in [0.25, 0.3) is 0 Å². The van der Waals surface area contributed by atoms with Crippen LogP contribution in [-0.4, -0.2) is 65.4 Å². The van der Waals surface area contributed by atoms with Gasteiger partial charge >= 0.3 is 0 Å². The normalized spacial score (nSPS) is 25.0. The molecular weight excluding hydrogens is 668 g/mol. The van der Waals surface area contributed by atoms with Gasteiger partial charge in [-0.3, -0.25) is 19.1 Å². The number of ether oxygens (including phenoxy) is 1. The smallest absolute Gasteiger partial charge is 0.264 e. The van der Waals surface area contributed by atoms with Crippen LogP contribution in [-0.2, 0) is 37.8 Å². The number of β-lactam (4-membered cyclic amide) rings is 2. The Labute approximate surface area is 296 Å². The van der Waals surface area contributed by atoms with Crippen LogP contribution in [0.4, 0.5) is 21.2 Å². The number of aryl methyl sites for hydroxylation is 1. The van der Waals surface area contributed by atoms with Crippen molar-refractivity contribution < 1.29 is 28.3 Å². The van der Waals surface area contributed by atoms with E-state index >= 15 is 4.11 Å². The molecular formula is C38H41FN6O5Si. The molecule has 4 aliphatic heterocycles. The Morgan fingerprint density at radius 1 is 0.961 bits per heavy atom. The monoisotopic (exact) mass is 708 g/mol. The quantitative estimate of drug-likeness (QED) is 0.136. The van der Waals surface area contributed by atoms with Gasteiger partial charge in [0.1, 0.15) is 11.8 Å². The van der Waals surface area contributed by atoms with Crippen molar-refractivity contribution in [2.75, 3.05) is 27.8 Å². The second-order valence-electron chi connectivity index (χ2n) is 14.6. The molecule has 11 nitrogen and oxygen atoms in total. The van der Waals surface area contributed by atoms with Gasteiger partial charge in [0.05, 0.1) is 24.5 Å². The fourth-order valence-electron chi connectivity index (χ4n) is 8.38. The molecule has 51 heavy (non-hydrogen) atoms. The molecule has 264 valence electrons. The lowest BCUT2D eigenvalue weighted by Gasteiger charge is -2.33. The van der Waals surface area contributed by atoms with E-state index in [1.165, 1.54) is 0 Å². The first kappa shape index (κ1) is 33.4. The standard InChI is InChI=1S/C38H41FN6O5Si/c1-24-36(51(2,3)39)32(15-18-42-23-30(40-41-42)35(48)26-7-5-4-6-8-26)50-38(24)29-21-28(44-20-17-34(44)47)13-14-31(29)45(37(38)49)22-25-9-11-27(12-10-25)43-19-16-33(43)46/h4-14,21,23-24,32,35-36,48H,15-20,22H2,1-3H3/t24-,32+,35+,36-,38+/m0/s1. The first-order valence-corrected chi connectivity index (χ1v) is 20.6. The Balaban J connectivity index is 1.10. The second-order valence-corrected chi connectivity index (χ2v) is 18.4. The highest BCUT2D eigenvalue weighted by Crippen LogP contribution is 2.61. The average molecular weight is 709 g/mol. The van der Waals surface area contributed by atoms with E-state index in [0.29, 0.717) is 67.1 Å². The number of anilines is 3. The minimum Gasteiger partial charge on any atom is -0.382 e. The molecule has 3 amide bonds. The van der Waals surface area contributed by atoms with Gasteiger partial charge in [-0.1, -0.05) is 54.6 Å². The molecule has 13 heteroatoms. The average Bonchev–Trinajstić information content (AvgIpc) is 3.77. The zero-order valence-electron chi connectivity index (χ0n) is 28.9. The van der Waals surface area contributed by atoms with E-state index in [0.717, 1.165) is 11.3 Å². The molecule has 0 unspecified atom stereocenters. The van der Waals surface area contributed by atoms with Crippen LogP contribution in [0.1, 0.15) is 54.7 Å². The van der Waals surface area contributed by atoms with Crippen LogP contribution in [0.3, 0.4) is 0 Å². The maximum absolute atomic E-state index is 16.5.